The molecule has 1 aromatic carbocycles. The van der Waals surface area contributed by atoms with Crippen LogP contribution in [0.25, 0.3) is 0 Å². The number of rotatable bonds is 1. The monoisotopic (exact) mass is 361 g/mol. The molecule has 0 aromatic heterocycles. The molecule has 14 heavy (non-hydrogen) atoms. The van der Waals surface area contributed by atoms with E-state index in [1.807, 2.05) is 22.6 Å². The largest absolute Gasteiger partial charge is 0.262 e. The van der Waals surface area contributed by atoms with E-state index in [-0.39, 0.29) is 10.5 Å². The van der Waals surface area contributed by atoms with Gasteiger partial charge in [-0.15, -0.1) is 0 Å². The molecule has 1 rings (SSSR count). The van der Waals surface area contributed by atoms with E-state index >= 15 is 0 Å². The number of hydrogen-bond acceptors (Lipinski definition) is 3. The molecule has 0 spiro atoms. The number of benzene rings is 1. The lowest BCUT2D eigenvalue weighted by Gasteiger charge is -2.02. The van der Waals surface area contributed by atoms with Crippen LogP contribution in [0.1, 0.15) is 5.56 Å². The van der Waals surface area contributed by atoms with Crippen molar-refractivity contribution in [2.75, 3.05) is 0 Å². The summed E-state index contributed by atoms with van der Waals surface area (Å²) < 4.78 is 22.6. The molecule has 0 heterocycles. The van der Waals surface area contributed by atoms with E-state index in [2.05, 4.69) is 0 Å². The third-order valence-electron chi connectivity index (χ3n) is 1.41. The van der Waals surface area contributed by atoms with Gasteiger partial charge in [0.2, 0.25) is 0 Å². The van der Waals surface area contributed by atoms with Gasteiger partial charge >= 0.3 is 0 Å². The van der Waals surface area contributed by atoms with Crippen LogP contribution in [-0.2, 0) is 9.05 Å². The third-order valence-corrected chi connectivity index (χ3v) is 4.29. The molecule has 0 saturated heterocycles. The highest BCUT2D eigenvalue weighted by molar-refractivity contribution is 14.1. The summed E-state index contributed by atoms with van der Waals surface area (Å²) in [5, 5.41) is 8.99. The number of nitrogens with zero attached hydrogens (tertiary/aromatic N) is 1. The number of nitriles is 1. The Labute approximate surface area is 104 Å². The van der Waals surface area contributed by atoms with E-state index in [9.17, 15) is 8.42 Å². The number of halogens is 3. The van der Waals surface area contributed by atoms with Crippen LogP contribution in [0, 0.1) is 14.9 Å². The van der Waals surface area contributed by atoms with Gasteiger partial charge < -0.3 is 0 Å². The summed E-state index contributed by atoms with van der Waals surface area (Å²) in [6.45, 7) is 0. The normalized spacial score (nSPS) is 11.0. The molecule has 1 aromatic rings. The fourth-order valence-corrected chi connectivity index (χ4v) is 2.67. The van der Waals surface area contributed by atoms with Gasteiger partial charge in [-0.05, 0) is 34.7 Å². The Balaban J connectivity index is 3.61. The van der Waals surface area contributed by atoms with Gasteiger partial charge in [0.05, 0.1) is 10.6 Å². The molecule has 0 atom stereocenters. The van der Waals surface area contributed by atoms with Crippen molar-refractivity contribution in [3.8, 4) is 6.07 Å². The molecular formula is C7H2Cl2INO2S. The standard InChI is InChI=1S/C7H2Cl2INO2S/c8-5-1-4(3-11)7(2-6(5)10)14(9,12)13/h1-2H. The Kier molecular flexibility index (Phi) is 3.63. The van der Waals surface area contributed by atoms with Crippen LogP contribution in [0.5, 0.6) is 0 Å². The van der Waals surface area contributed by atoms with Crippen molar-refractivity contribution in [1.29, 1.82) is 5.26 Å². The molecule has 0 amide bonds. The van der Waals surface area contributed by atoms with Gasteiger partial charge in [-0.3, -0.25) is 0 Å². The fourth-order valence-electron chi connectivity index (χ4n) is 0.818. The smallest absolute Gasteiger partial charge is 0.207 e. The highest BCUT2D eigenvalue weighted by Gasteiger charge is 2.17. The Morgan fingerprint density at radius 3 is 2.43 bits per heavy atom. The van der Waals surface area contributed by atoms with E-state index in [1.165, 1.54) is 12.1 Å². The van der Waals surface area contributed by atoms with Crippen molar-refractivity contribution in [2.24, 2.45) is 0 Å². The van der Waals surface area contributed by atoms with E-state index in [0.717, 1.165) is 0 Å². The first-order chi connectivity index (χ1) is 6.36. The van der Waals surface area contributed by atoms with Gasteiger partial charge in [0, 0.05) is 14.3 Å². The van der Waals surface area contributed by atoms with Crippen LogP contribution in [0.4, 0.5) is 0 Å². The molecule has 3 nitrogen and oxygen atoms in total. The first-order valence-electron chi connectivity index (χ1n) is 3.20. The minimum Gasteiger partial charge on any atom is -0.207 e. The summed E-state index contributed by atoms with van der Waals surface area (Å²) in [6, 6.07) is 4.26. The Morgan fingerprint density at radius 1 is 1.43 bits per heavy atom. The fraction of sp³-hybridized carbons (Fsp3) is 0. The van der Waals surface area contributed by atoms with Crippen LogP contribution < -0.4 is 0 Å². The second-order valence-electron chi connectivity index (χ2n) is 2.31. The molecule has 74 valence electrons. The molecule has 0 unspecified atom stereocenters. The maximum absolute atomic E-state index is 11.0. The van der Waals surface area contributed by atoms with Crippen molar-refractivity contribution in [3.63, 3.8) is 0 Å². The van der Waals surface area contributed by atoms with Crippen molar-refractivity contribution >= 4 is 53.9 Å². The molecule has 0 radical (unpaired) electrons. The average Bonchev–Trinajstić information content (AvgIpc) is 2.07. The molecule has 0 aliphatic rings. The summed E-state index contributed by atoms with van der Waals surface area (Å²) in [7, 11) is 1.24. The number of hydrogen-bond donors (Lipinski definition) is 0. The summed E-state index contributed by atoms with van der Waals surface area (Å²) in [5.74, 6) is 0. The Morgan fingerprint density at radius 2 is 2.00 bits per heavy atom. The topological polar surface area (TPSA) is 57.9 Å². The zero-order valence-electron chi connectivity index (χ0n) is 6.46. The van der Waals surface area contributed by atoms with Gasteiger partial charge in [-0.25, -0.2) is 8.42 Å². The van der Waals surface area contributed by atoms with Crippen LogP contribution in [0.2, 0.25) is 5.02 Å². The first kappa shape index (κ1) is 12.0. The van der Waals surface area contributed by atoms with E-state index in [1.54, 1.807) is 6.07 Å². The lowest BCUT2D eigenvalue weighted by atomic mass is 10.2. The summed E-state index contributed by atoms with van der Waals surface area (Å²) in [4.78, 5) is -0.213. The molecule has 7 heteroatoms. The SMILES string of the molecule is N#Cc1cc(Cl)c(I)cc1S(=O)(=O)Cl. The minimum atomic E-state index is -3.90. The minimum absolute atomic E-state index is 0.0505. The first-order valence-corrected chi connectivity index (χ1v) is 6.96. The van der Waals surface area contributed by atoms with Gasteiger partial charge in [-0.1, -0.05) is 11.6 Å². The summed E-state index contributed by atoms with van der Waals surface area (Å²) in [5.41, 5.74) is -0.0505. The van der Waals surface area contributed by atoms with E-state index in [4.69, 9.17) is 27.5 Å². The maximum atomic E-state index is 11.0. The molecular weight excluding hydrogens is 360 g/mol. The van der Waals surface area contributed by atoms with Gasteiger partial charge in [0.1, 0.15) is 11.0 Å². The van der Waals surface area contributed by atoms with Gasteiger partial charge in [0.25, 0.3) is 9.05 Å². The molecule has 0 saturated carbocycles. The molecule has 0 fully saturated rings. The van der Waals surface area contributed by atoms with Crippen molar-refractivity contribution in [3.05, 3.63) is 26.3 Å². The molecule has 0 bridgehead atoms. The van der Waals surface area contributed by atoms with E-state index < -0.39 is 9.05 Å². The van der Waals surface area contributed by atoms with Crippen molar-refractivity contribution in [1.82, 2.24) is 0 Å². The quantitative estimate of drug-likeness (QED) is 0.570. The molecule has 0 aliphatic carbocycles. The Bertz CT molecular complexity index is 521. The third kappa shape index (κ3) is 2.51. The zero-order valence-corrected chi connectivity index (χ0v) is 10.9. The van der Waals surface area contributed by atoms with Crippen LogP contribution >= 0.6 is 44.9 Å². The van der Waals surface area contributed by atoms with Crippen molar-refractivity contribution in [2.45, 2.75) is 4.90 Å². The second-order valence-corrected chi connectivity index (χ2v) is 6.42. The molecule has 0 N–H and O–H groups in total. The summed E-state index contributed by atoms with van der Waals surface area (Å²) in [6.07, 6.45) is 0. The summed E-state index contributed by atoms with van der Waals surface area (Å²) >= 11 is 7.58. The lowest BCUT2D eigenvalue weighted by molar-refractivity contribution is 0.609. The Hall–Kier alpha value is -0.0300. The average molecular weight is 362 g/mol. The predicted molar refractivity (Wildman–Crippen MR) is 61.9 cm³/mol. The van der Waals surface area contributed by atoms with E-state index in [0.29, 0.717) is 8.59 Å². The predicted octanol–water partition coefficient (Wildman–Crippen LogP) is 2.74. The highest BCUT2D eigenvalue weighted by atomic mass is 127. The highest BCUT2D eigenvalue weighted by Crippen LogP contribution is 2.27. The lowest BCUT2D eigenvalue weighted by Crippen LogP contribution is -1.96. The maximum Gasteiger partial charge on any atom is 0.262 e. The second kappa shape index (κ2) is 4.23. The van der Waals surface area contributed by atoms with Crippen molar-refractivity contribution < 1.29 is 8.42 Å². The van der Waals surface area contributed by atoms with Crippen LogP contribution in [-0.4, -0.2) is 8.42 Å². The molecule has 0 aliphatic heterocycles. The van der Waals surface area contributed by atoms with Gasteiger partial charge in [-0.2, -0.15) is 5.26 Å². The van der Waals surface area contributed by atoms with Gasteiger partial charge in [0.15, 0.2) is 0 Å². The van der Waals surface area contributed by atoms with Crippen LogP contribution in [0.15, 0.2) is 17.0 Å². The van der Waals surface area contributed by atoms with Crippen LogP contribution in [0.3, 0.4) is 0 Å². The zero-order chi connectivity index (χ0) is 10.9.